The molecule has 0 saturated carbocycles. The van der Waals surface area contributed by atoms with E-state index in [0.29, 0.717) is 13.0 Å². The molecule has 0 spiro atoms. The number of cyclic esters (lactones) is 1. The zero-order valence-corrected chi connectivity index (χ0v) is 14.1. The van der Waals surface area contributed by atoms with Crippen LogP contribution in [0, 0.1) is 11.8 Å². The van der Waals surface area contributed by atoms with E-state index in [2.05, 4.69) is 21.9 Å². The topological polar surface area (TPSA) is 64.3 Å². The van der Waals surface area contributed by atoms with Gasteiger partial charge in [0.05, 0.1) is 5.69 Å². The van der Waals surface area contributed by atoms with Crippen LogP contribution in [0.3, 0.4) is 0 Å². The molecule has 0 aromatic heterocycles. The van der Waals surface area contributed by atoms with Crippen molar-refractivity contribution in [2.75, 3.05) is 11.9 Å². The average molecular weight is 375 g/mol. The number of alkyl halides is 3. The summed E-state index contributed by atoms with van der Waals surface area (Å²) in [6.07, 6.45) is -2.59. The predicted octanol–water partition coefficient (Wildman–Crippen LogP) is 4.57. The summed E-state index contributed by atoms with van der Waals surface area (Å²) in [5.41, 5.74) is 2.03. The summed E-state index contributed by atoms with van der Waals surface area (Å²) in [4.78, 5) is 11.6. The van der Waals surface area contributed by atoms with E-state index in [1.807, 2.05) is 0 Å². The molecule has 1 aromatic rings. The molecule has 8 heteroatoms. The van der Waals surface area contributed by atoms with Crippen molar-refractivity contribution < 1.29 is 22.7 Å². The fourth-order valence-corrected chi connectivity index (χ4v) is 2.69. The number of halogens is 4. The van der Waals surface area contributed by atoms with E-state index in [-0.39, 0.29) is 22.7 Å². The summed E-state index contributed by atoms with van der Waals surface area (Å²) in [7, 11) is 0. The van der Waals surface area contributed by atoms with Gasteiger partial charge in [-0.1, -0.05) is 30.4 Å². The number of ether oxygens (including phenoxy) is 1. The van der Waals surface area contributed by atoms with Crippen molar-refractivity contribution >= 4 is 23.4 Å². The first kappa shape index (κ1) is 19.4. The predicted molar refractivity (Wildman–Crippen MR) is 89.2 cm³/mol. The Bertz CT molecular complexity index is 697. The van der Waals surface area contributed by atoms with Crippen molar-refractivity contribution in [1.29, 1.82) is 0 Å². The molecule has 1 aromatic carbocycles. The zero-order chi connectivity index (χ0) is 18.5. The summed E-state index contributed by atoms with van der Waals surface area (Å²) >= 11 is 5.83. The number of hydrogen-bond donors (Lipinski definition) is 2. The van der Waals surface area contributed by atoms with Crippen LogP contribution in [0.5, 0.6) is 0 Å². The molecule has 1 unspecified atom stereocenters. The Morgan fingerprint density at radius 3 is 2.64 bits per heavy atom. The van der Waals surface area contributed by atoms with Crippen LogP contribution in [-0.2, 0) is 10.3 Å². The molecule has 136 valence electrons. The van der Waals surface area contributed by atoms with Crippen LogP contribution in [0.2, 0.25) is 5.02 Å². The SMILES string of the molecule is NCCCCCCC#CC1(C(F)(F)F)OC(=O)Nc2ccc(Cl)cc21. The number of fused-ring (bicyclic) bond motifs is 1. The molecule has 0 radical (unpaired) electrons. The van der Waals surface area contributed by atoms with E-state index in [0.717, 1.165) is 25.3 Å². The van der Waals surface area contributed by atoms with Gasteiger partial charge in [-0.15, -0.1) is 0 Å². The molecule has 4 nitrogen and oxygen atoms in total. The lowest BCUT2D eigenvalue weighted by molar-refractivity contribution is -0.239. The maximum Gasteiger partial charge on any atom is 0.445 e. The minimum atomic E-state index is -4.91. The Morgan fingerprint density at radius 1 is 1.24 bits per heavy atom. The van der Waals surface area contributed by atoms with Crippen molar-refractivity contribution in [3.8, 4) is 11.8 Å². The maximum absolute atomic E-state index is 13.8. The first-order valence-electron chi connectivity index (χ1n) is 7.87. The van der Waals surface area contributed by atoms with Gasteiger partial charge in [0.25, 0.3) is 5.60 Å². The van der Waals surface area contributed by atoms with Crippen molar-refractivity contribution in [2.45, 2.75) is 43.9 Å². The second kappa shape index (κ2) is 7.98. The van der Waals surface area contributed by atoms with Crippen LogP contribution in [0.15, 0.2) is 18.2 Å². The molecule has 3 N–H and O–H groups in total. The Morgan fingerprint density at radius 2 is 1.96 bits per heavy atom. The standard InChI is InChI=1S/C17H18ClF3N2O2/c18-12-7-8-14-13(11-12)16(17(19,20)21,25-15(24)23-14)9-5-3-1-2-4-6-10-22/h7-8,11H,1-4,6,10,22H2,(H,23,24). The molecule has 0 saturated heterocycles. The van der Waals surface area contributed by atoms with Gasteiger partial charge in [-0.2, -0.15) is 13.2 Å². The van der Waals surface area contributed by atoms with Gasteiger partial charge in [-0.05, 0) is 43.5 Å². The van der Waals surface area contributed by atoms with Gasteiger partial charge in [-0.25, -0.2) is 4.79 Å². The second-order valence-corrected chi connectivity index (χ2v) is 6.07. The number of carbonyl (C=O) groups is 1. The Labute approximate surface area is 148 Å². The van der Waals surface area contributed by atoms with Crippen LogP contribution < -0.4 is 11.1 Å². The van der Waals surface area contributed by atoms with Gasteiger partial charge in [0, 0.05) is 17.0 Å². The molecule has 1 aliphatic rings. The van der Waals surface area contributed by atoms with Crippen LogP contribution in [-0.4, -0.2) is 18.8 Å². The van der Waals surface area contributed by atoms with Gasteiger partial charge < -0.3 is 10.5 Å². The lowest BCUT2D eigenvalue weighted by Gasteiger charge is -2.35. The summed E-state index contributed by atoms with van der Waals surface area (Å²) in [6, 6.07) is 3.80. The number of nitrogens with two attached hydrogens (primary N) is 1. The molecule has 0 bridgehead atoms. The van der Waals surface area contributed by atoms with Crippen molar-refractivity contribution in [3.05, 3.63) is 28.8 Å². The number of hydrogen-bond acceptors (Lipinski definition) is 3. The lowest BCUT2D eigenvalue weighted by atomic mass is 9.90. The van der Waals surface area contributed by atoms with E-state index in [1.165, 1.54) is 12.1 Å². The van der Waals surface area contributed by atoms with E-state index < -0.39 is 17.9 Å². The number of benzene rings is 1. The summed E-state index contributed by atoms with van der Waals surface area (Å²) < 4.78 is 46.0. The van der Waals surface area contributed by atoms with Gasteiger partial charge in [0.2, 0.25) is 0 Å². The molecular weight excluding hydrogens is 357 g/mol. The summed E-state index contributed by atoms with van der Waals surface area (Å²) in [6.45, 7) is 0.587. The molecule has 0 aliphatic carbocycles. The molecule has 1 atom stereocenters. The fraction of sp³-hybridized carbons (Fsp3) is 0.471. The van der Waals surface area contributed by atoms with Gasteiger partial charge in [-0.3, -0.25) is 5.32 Å². The van der Waals surface area contributed by atoms with Crippen LogP contribution in [0.1, 0.15) is 37.7 Å². The van der Waals surface area contributed by atoms with E-state index >= 15 is 0 Å². The maximum atomic E-state index is 13.8. The highest BCUT2D eigenvalue weighted by Crippen LogP contribution is 2.47. The molecular formula is C17H18ClF3N2O2. The zero-order valence-electron chi connectivity index (χ0n) is 13.4. The average Bonchev–Trinajstić information content (AvgIpc) is 2.53. The number of anilines is 1. The summed E-state index contributed by atoms with van der Waals surface area (Å²) in [5, 5.41) is 2.33. The minimum Gasteiger partial charge on any atom is -0.415 e. The molecule has 25 heavy (non-hydrogen) atoms. The van der Waals surface area contributed by atoms with Crippen molar-refractivity contribution in [2.24, 2.45) is 5.73 Å². The van der Waals surface area contributed by atoms with Crippen LogP contribution in [0.4, 0.5) is 23.7 Å². The third kappa shape index (κ3) is 4.39. The molecule has 1 heterocycles. The highest BCUT2D eigenvalue weighted by Gasteiger charge is 2.61. The third-order valence-corrected chi connectivity index (χ3v) is 4.00. The second-order valence-electron chi connectivity index (χ2n) is 5.64. The van der Waals surface area contributed by atoms with Crippen LogP contribution in [0.25, 0.3) is 0 Å². The summed E-state index contributed by atoms with van der Waals surface area (Å²) in [5.74, 6) is 4.65. The van der Waals surface area contributed by atoms with Gasteiger partial charge >= 0.3 is 12.3 Å². The number of nitrogens with one attached hydrogen (secondary N) is 1. The highest BCUT2D eigenvalue weighted by molar-refractivity contribution is 6.30. The normalized spacial score (nSPS) is 19.3. The Kier molecular flexibility index (Phi) is 6.20. The van der Waals surface area contributed by atoms with Gasteiger partial charge in [0.1, 0.15) is 0 Å². The molecule has 1 aliphatic heterocycles. The quantitative estimate of drug-likeness (QED) is 0.586. The van der Waals surface area contributed by atoms with Gasteiger partial charge in [0.15, 0.2) is 0 Å². The Hall–Kier alpha value is -1.91. The monoisotopic (exact) mass is 374 g/mol. The van der Waals surface area contributed by atoms with Crippen LogP contribution >= 0.6 is 11.6 Å². The molecule has 2 rings (SSSR count). The Balaban J connectivity index is 2.31. The number of rotatable bonds is 5. The highest BCUT2D eigenvalue weighted by atomic mass is 35.5. The van der Waals surface area contributed by atoms with Crippen molar-refractivity contribution in [3.63, 3.8) is 0 Å². The first-order valence-corrected chi connectivity index (χ1v) is 8.25. The number of carbonyl (C=O) groups excluding carboxylic acids is 1. The fourth-order valence-electron chi connectivity index (χ4n) is 2.52. The van der Waals surface area contributed by atoms with Crippen molar-refractivity contribution in [1.82, 2.24) is 0 Å². The smallest absolute Gasteiger partial charge is 0.415 e. The number of amides is 1. The van der Waals surface area contributed by atoms with E-state index in [4.69, 9.17) is 17.3 Å². The molecule has 1 amide bonds. The number of unbranched alkanes of at least 4 members (excludes halogenated alkanes) is 4. The third-order valence-electron chi connectivity index (χ3n) is 3.76. The minimum absolute atomic E-state index is 0.0183. The van der Waals surface area contributed by atoms with E-state index in [9.17, 15) is 18.0 Å². The lowest BCUT2D eigenvalue weighted by Crippen LogP contribution is -2.49. The molecule has 0 fully saturated rings. The first-order chi connectivity index (χ1) is 11.8. The van der Waals surface area contributed by atoms with E-state index in [1.54, 1.807) is 0 Å². The largest absolute Gasteiger partial charge is 0.445 e.